The molecule has 0 aliphatic carbocycles. The van der Waals surface area contributed by atoms with Crippen LogP contribution in [0.25, 0.3) is 11.4 Å². The summed E-state index contributed by atoms with van der Waals surface area (Å²) in [4.78, 5) is 31.7. The van der Waals surface area contributed by atoms with Crippen molar-refractivity contribution < 1.29 is 9.53 Å². The Morgan fingerprint density at radius 1 is 0.918 bits per heavy atom. The van der Waals surface area contributed by atoms with E-state index in [4.69, 9.17) is 4.74 Å². The number of aromatic nitrogens is 4. The van der Waals surface area contributed by atoms with Crippen LogP contribution in [0.5, 0.6) is 5.88 Å². The zero-order chi connectivity index (χ0) is 33.5. The van der Waals surface area contributed by atoms with Gasteiger partial charge < -0.3 is 24.9 Å². The van der Waals surface area contributed by atoms with Gasteiger partial charge in [0.2, 0.25) is 11.8 Å². The molecular formula is C37H46N10O2. The lowest BCUT2D eigenvalue weighted by Gasteiger charge is -2.37. The van der Waals surface area contributed by atoms with Crippen molar-refractivity contribution in [1.82, 2.24) is 35.0 Å². The maximum Gasteiger partial charge on any atom is 0.236 e. The largest absolute Gasteiger partial charge is 0.475 e. The molecule has 2 N–H and O–H groups in total. The summed E-state index contributed by atoms with van der Waals surface area (Å²) in [5, 5.41) is 4.40. The van der Waals surface area contributed by atoms with Gasteiger partial charge in [-0.25, -0.2) is 15.4 Å². The molecule has 0 radical (unpaired) electrons. The van der Waals surface area contributed by atoms with Gasteiger partial charge in [0.15, 0.2) is 5.82 Å². The zero-order valence-corrected chi connectivity index (χ0v) is 28.7. The topological polar surface area (TPSA) is 107 Å². The number of ether oxygens (including phenoxy) is 1. The number of carbonyl (C=O) groups is 1. The Morgan fingerprint density at radius 3 is 2.45 bits per heavy atom. The molecule has 4 aliphatic rings. The minimum Gasteiger partial charge on any atom is -0.475 e. The number of fused-ring (bicyclic) bond motifs is 1. The number of benzene rings is 2. The highest BCUT2D eigenvalue weighted by Gasteiger charge is 2.44. The molecule has 2 unspecified atom stereocenters. The first-order chi connectivity index (χ1) is 23.8. The van der Waals surface area contributed by atoms with Gasteiger partial charge >= 0.3 is 0 Å². The third kappa shape index (κ3) is 6.54. The molecule has 4 aliphatic heterocycles. The van der Waals surface area contributed by atoms with Gasteiger partial charge in [-0.15, -0.1) is 0 Å². The number of anilines is 3. The average Bonchev–Trinajstić information content (AvgIpc) is 3.92. The Kier molecular flexibility index (Phi) is 8.36. The van der Waals surface area contributed by atoms with Crippen molar-refractivity contribution in [2.75, 3.05) is 74.1 Å². The first kappa shape index (κ1) is 31.6. The van der Waals surface area contributed by atoms with Crippen molar-refractivity contribution in [3.8, 4) is 17.3 Å². The number of hydrazine groups is 1. The highest BCUT2D eigenvalue weighted by atomic mass is 16.5. The lowest BCUT2D eigenvalue weighted by Crippen LogP contribution is -2.51. The minimum atomic E-state index is 0.0252. The van der Waals surface area contributed by atoms with Crippen molar-refractivity contribution in [2.45, 2.75) is 38.8 Å². The van der Waals surface area contributed by atoms with E-state index in [1.165, 1.54) is 16.9 Å². The van der Waals surface area contributed by atoms with Crippen LogP contribution in [0.4, 0.5) is 17.1 Å². The molecule has 49 heavy (non-hydrogen) atoms. The second-order valence-corrected chi connectivity index (χ2v) is 14.4. The predicted molar refractivity (Wildman–Crippen MR) is 191 cm³/mol. The molecule has 256 valence electrons. The standard InChI is InChI=1S/C37H46N10O2/c1-26(2)49-33-11-6-28(21-38-33)35-31-20-30(9-10-32(31)40-41-35)47-15-13-37(24-47)12-14-44(23-37)22-34(48)46-18-16-45(17-19-46)29-7-4-27(5-8-29)36-39-25-43(3)42-36/h4-11,20-21,25-26,35,40-41H,12-19,22-24H2,1-3H3. The van der Waals surface area contributed by atoms with Crippen LogP contribution < -0.4 is 25.4 Å². The number of nitrogens with one attached hydrogen (secondary N) is 2. The summed E-state index contributed by atoms with van der Waals surface area (Å²) in [6.45, 7) is 11.8. The fourth-order valence-electron chi connectivity index (χ4n) is 7.91. The number of nitrogens with zero attached hydrogens (tertiary/aromatic N) is 8. The number of hydrogen-bond donors (Lipinski definition) is 2. The summed E-state index contributed by atoms with van der Waals surface area (Å²) in [5.74, 6) is 1.64. The number of likely N-dealkylation sites (tertiary alicyclic amines) is 1. The lowest BCUT2D eigenvalue weighted by atomic mass is 9.86. The Bertz CT molecular complexity index is 1780. The van der Waals surface area contributed by atoms with Gasteiger partial charge in [-0.3, -0.25) is 14.4 Å². The first-order valence-electron chi connectivity index (χ1n) is 17.6. The van der Waals surface area contributed by atoms with Crippen molar-refractivity contribution in [3.05, 3.63) is 78.2 Å². The third-order valence-corrected chi connectivity index (χ3v) is 10.5. The van der Waals surface area contributed by atoms with Crippen LogP contribution in [0.2, 0.25) is 0 Å². The molecule has 2 aromatic carbocycles. The summed E-state index contributed by atoms with van der Waals surface area (Å²) in [6.07, 6.45) is 6.01. The fraction of sp³-hybridized carbons (Fsp3) is 0.459. The van der Waals surface area contributed by atoms with Crippen LogP contribution >= 0.6 is 0 Å². The van der Waals surface area contributed by atoms with E-state index in [1.807, 2.05) is 33.2 Å². The normalized spacial score (nSPS) is 22.3. The molecule has 1 spiro atoms. The van der Waals surface area contributed by atoms with Crippen LogP contribution in [0.3, 0.4) is 0 Å². The molecular weight excluding hydrogens is 616 g/mol. The fourth-order valence-corrected chi connectivity index (χ4v) is 7.91. The SMILES string of the molecule is CC(C)Oc1ccc(C2NNc3ccc(N4CCC5(CCN(CC(=O)N6CCN(c7ccc(-c8ncn(C)n8)cc7)CC6)C5)C4)cc32)cn1. The van der Waals surface area contributed by atoms with Gasteiger partial charge in [-0.2, -0.15) is 5.10 Å². The van der Waals surface area contributed by atoms with Crippen LogP contribution in [-0.4, -0.2) is 100 Å². The van der Waals surface area contributed by atoms with E-state index in [0.717, 1.165) is 87.8 Å². The number of aryl methyl sites for hydroxylation is 1. The first-order valence-corrected chi connectivity index (χ1v) is 17.6. The predicted octanol–water partition coefficient (Wildman–Crippen LogP) is 3.93. The van der Waals surface area contributed by atoms with Crippen molar-refractivity contribution in [1.29, 1.82) is 0 Å². The lowest BCUT2D eigenvalue weighted by molar-refractivity contribution is -0.132. The van der Waals surface area contributed by atoms with Gasteiger partial charge in [0, 0.05) is 93.0 Å². The molecule has 0 saturated carbocycles. The molecule has 4 aromatic rings. The summed E-state index contributed by atoms with van der Waals surface area (Å²) in [6, 6.07) is 19.2. The van der Waals surface area contributed by atoms with E-state index in [1.54, 1.807) is 11.0 Å². The third-order valence-electron chi connectivity index (χ3n) is 10.5. The van der Waals surface area contributed by atoms with Crippen LogP contribution in [0.1, 0.15) is 43.9 Å². The van der Waals surface area contributed by atoms with Crippen LogP contribution in [0, 0.1) is 5.41 Å². The number of amides is 1. The molecule has 12 nitrogen and oxygen atoms in total. The molecule has 3 fully saturated rings. The van der Waals surface area contributed by atoms with E-state index in [2.05, 4.69) is 94.0 Å². The molecule has 0 bridgehead atoms. The van der Waals surface area contributed by atoms with Crippen molar-refractivity contribution in [2.24, 2.45) is 12.5 Å². The molecule has 1 amide bonds. The van der Waals surface area contributed by atoms with E-state index >= 15 is 0 Å². The maximum absolute atomic E-state index is 13.4. The molecule has 12 heteroatoms. The summed E-state index contributed by atoms with van der Waals surface area (Å²) < 4.78 is 7.46. The Morgan fingerprint density at radius 2 is 1.71 bits per heavy atom. The zero-order valence-electron chi connectivity index (χ0n) is 28.7. The van der Waals surface area contributed by atoms with Gasteiger partial charge in [-0.05, 0) is 81.3 Å². The molecule has 2 atom stereocenters. The maximum atomic E-state index is 13.4. The van der Waals surface area contributed by atoms with Gasteiger partial charge in [0.05, 0.1) is 24.4 Å². The summed E-state index contributed by atoms with van der Waals surface area (Å²) in [7, 11) is 1.88. The Hall–Kier alpha value is -4.68. The number of pyridine rings is 1. The molecule has 8 rings (SSSR count). The number of hydrogen-bond acceptors (Lipinski definition) is 10. The smallest absolute Gasteiger partial charge is 0.236 e. The van der Waals surface area contributed by atoms with E-state index in [-0.39, 0.29) is 23.5 Å². The van der Waals surface area contributed by atoms with Gasteiger partial charge in [0.25, 0.3) is 0 Å². The highest BCUT2D eigenvalue weighted by Crippen LogP contribution is 2.43. The van der Waals surface area contributed by atoms with Crippen LogP contribution in [0.15, 0.2) is 67.1 Å². The van der Waals surface area contributed by atoms with Crippen LogP contribution in [-0.2, 0) is 11.8 Å². The van der Waals surface area contributed by atoms with Crippen molar-refractivity contribution in [3.63, 3.8) is 0 Å². The van der Waals surface area contributed by atoms with E-state index in [9.17, 15) is 4.79 Å². The summed E-state index contributed by atoms with van der Waals surface area (Å²) in [5.41, 5.74) is 13.9. The van der Waals surface area contributed by atoms with E-state index < -0.39 is 0 Å². The molecule has 2 aromatic heterocycles. The van der Waals surface area contributed by atoms with Crippen molar-refractivity contribution >= 4 is 23.0 Å². The minimum absolute atomic E-state index is 0.0252. The average molecular weight is 663 g/mol. The second-order valence-electron chi connectivity index (χ2n) is 14.4. The van der Waals surface area contributed by atoms with Gasteiger partial charge in [0.1, 0.15) is 6.33 Å². The second kappa shape index (κ2) is 13.0. The van der Waals surface area contributed by atoms with Gasteiger partial charge in [-0.1, -0.05) is 6.07 Å². The Balaban J connectivity index is 0.835. The highest BCUT2D eigenvalue weighted by molar-refractivity contribution is 5.78. The van der Waals surface area contributed by atoms with E-state index in [0.29, 0.717) is 12.4 Å². The molecule has 3 saturated heterocycles. The quantitative estimate of drug-likeness (QED) is 0.288. The molecule has 6 heterocycles. The monoisotopic (exact) mass is 662 g/mol. The Labute approximate surface area is 288 Å². The summed E-state index contributed by atoms with van der Waals surface area (Å²) >= 11 is 0. The number of rotatable bonds is 8. The number of piperazine rings is 1. The number of carbonyl (C=O) groups excluding carboxylic acids is 1.